The minimum atomic E-state index is 0.0125. The summed E-state index contributed by atoms with van der Waals surface area (Å²) in [6.45, 7) is 0.929. The van der Waals surface area contributed by atoms with Gasteiger partial charge < -0.3 is 10.1 Å². The molecule has 3 nitrogen and oxygen atoms in total. The number of nitrogens with one attached hydrogen (secondary N) is 1. The van der Waals surface area contributed by atoms with Crippen molar-refractivity contribution in [2.24, 2.45) is 0 Å². The van der Waals surface area contributed by atoms with Gasteiger partial charge in [-0.2, -0.15) is 0 Å². The summed E-state index contributed by atoms with van der Waals surface area (Å²) in [7, 11) is 0. The fraction of sp³-hybridized carbons (Fsp3) is 0.190. The van der Waals surface area contributed by atoms with Gasteiger partial charge in [-0.25, -0.2) is 0 Å². The van der Waals surface area contributed by atoms with Crippen LogP contribution < -0.4 is 10.1 Å². The van der Waals surface area contributed by atoms with Crippen LogP contribution >= 0.6 is 23.4 Å². The number of carbonyl (C=O) groups excluding carboxylic acids is 1. The molecule has 1 N–H and O–H groups in total. The Bertz CT molecular complexity index is 879. The number of hydrogen-bond donors (Lipinski definition) is 1. The van der Waals surface area contributed by atoms with E-state index in [1.165, 1.54) is 0 Å². The fourth-order valence-corrected chi connectivity index (χ4v) is 3.63. The average Bonchev–Trinajstić information content (AvgIpc) is 2.65. The van der Waals surface area contributed by atoms with Crippen molar-refractivity contribution in [1.29, 1.82) is 0 Å². The third-order valence-electron chi connectivity index (χ3n) is 3.82. The first-order valence-corrected chi connectivity index (χ1v) is 9.95. The van der Waals surface area contributed by atoms with Gasteiger partial charge >= 0.3 is 0 Å². The van der Waals surface area contributed by atoms with Gasteiger partial charge in [0, 0.05) is 16.2 Å². The normalized spacial score (nSPS) is 10.7. The third-order valence-corrected chi connectivity index (χ3v) is 5.06. The number of rotatable bonds is 8. The van der Waals surface area contributed by atoms with E-state index in [0.29, 0.717) is 18.9 Å². The molecule has 3 aromatic rings. The van der Waals surface area contributed by atoms with Gasteiger partial charge in [0.15, 0.2) is 0 Å². The zero-order valence-electron chi connectivity index (χ0n) is 14.3. The van der Waals surface area contributed by atoms with E-state index in [1.807, 2.05) is 54.6 Å². The highest BCUT2D eigenvalue weighted by Crippen LogP contribution is 2.24. The lowest BCUT2D eigenvalue weighted by atomic mass is 10.1. The van der Waals surface area contributed by atoms with Crippen LogP contribution in [0, 0.1) is 0 Å². The summed E-state index contributed by atoms with van der Waals surface area (Å²) < 4.78 is 5.82. The van der Waals surface area contributed by atoms with E-state index in [1.54, 1.807) is 11.8 Å². The minimum absolute atomic E-state index is 0.0125. The predicted octanol–water partition coefficient (Wildman–Crippen LogP) is 4.92. The Morgan fingerprint density at radius 2 is 1.85 bits per heavy atom. The summed E-state index contributed by atoms with van der Waals surface area (Å²) >= 11 is 7.52. The van der Waals surface area contributed by atoms with Crippen LogP contribution in [0.25, 0.3) is 10.8 Å². The van der Waals surface area contributed by atoms with Crippen LogP contribution in [0.4, 0.5) is 0 Å². The zero-order valence-corrected chi connectivity index (χ0v) is 15.9. The number of carbonyl (C=O) groups is 1. The van der Waals surface area contributed by atoms with Crippen LogP contribution in [0.1, 0.15) is 5.56 Å². The molecule has 0 aliphatic rings. The Kier molecular flexibility index (Phi) is 6.81. The summed E-state index contributed by atoms with van der Waals surface area (Å²) in [6.07, 6.45) is 0. The summed E-state index contributed by atoms with van der Waals surface area (Å²) in [5, 5.41) is 5.84. The highest BCUT2D eigenvalue weighted by molar-refractivity contribution is 7.99. The minimum Gasteiger partial charge on any atom is -0.491 e. The van der Waals surface area contributed by atoms with Crippen LogP contribution in [0.2, 0.25) is 5.02 Å². The fourth-order valence-electron chi connectivity index (χ4n) is 2.61. The van der Waals surface area contributed by atoms with Crippen molar-refractivity contribution in [3.63, 3.8) is 0 Å². The van der Waals surface area contributed by atoms with Crippen molar-refractivity contribution in [3.8, 4) is 5.75 Å². The molecule has 0 saturated heterocycles. The Labute approximate surface area is 162 Å². The first kappa shape index (κ1) is 18.6. The molecule has 134 valence electrons. The molecule has 0 aliphatic heterocycles. The van der Waals surface area contributed by atoms with Crippen LogP contribution in [0.15, 0.2) is 66.7 Å². The summed E-state index contributed by atoms with van der Waals surface area (Å²) in [6, 6.07) is 21.8. The van der Waals surface area contributed by atoms with Crippen molar-refractivity contribution < 1.29 is 9.53 Å². The first-order chi connectivity index (χ1) is 12.7. The van der Waals surface area contributed by atoms with E-state index in [2.05, 4.69) is 17.4 Å². The molecule has 0 heterocycles. The van der Waals surface area contributed by atoms with Gasteiger partial charge in [-0.15, -0.1) is 11.8 Å². The Hall–Kier alpha value is -2.17. The molecule has 0 unspecified atom stereocenters. The number of amides is 1. The Morgan fingerprint density at radius 1 is 1.04 bits per heavy atom. The maximum atomic E-state index is 11.9. The second-order valence-corrected chi connectivity index (χ2v) is 7.22. The molecule has 26 heavy (non-hydrogen) atoms. The highest BCUT2D eigenvalue weighted by atomic mass is 35.5. The van der Waals surface area contributed by atoms with Gasteiger partial charge in [0.25, 0.3) is 0 Å². The standard InChI is InChI=1S/C21H20ClNO2S/c22-18-8-3-5-16(13-18)14-26-15-21(24)23-11-12-25-20-10-4-7-17-6-1-2-9-19(17)20/h1-10,13H,11-12,14-15H2,(H,23,24). The number of ether oxygens (including phenoxy) is 1. The van der Waals surface area contributed by atoms with Crippen LogP contribution in [-0.4, -0.2) is 24.8 Å². The van der Waals surface area contributed by atoms with Crippen LogP contribution in [-0.2, 0) is 10.5 Å². The molecule has 0 bridgehead atoms. The maximum absolute atomic E-state index is 11.9. The molecular weight excluding hydrogens is 366 g/mol. The van der Waals surface area contributed by atoms with Crippen molar-refractivity contribution in [3.05, 3.63) is 77.3 Å². The van der Waals surface area contributed by atoms with Crippen LogP contribution in [0.5, 0.6) is 5.75 Å². The topological polar surface area (TPSA) is 38.3 Å². The van der Waals surface area contributed by atoms with E-state index >= 15 is 0 Å². The first-order valence-electron chi connectivity index (χ1n) is 8.42. The monoisotopic (exact) mass is 385 g/mol. The van der Waals surface area contributed by atoms with Crippen molar-refractivity contribution in [2.75, 3.05) is 18.9 Å². The number of halogens is 1. The second kappa shape index (κ2) is 9.51. The molecule has 3 rings (SSSR count). The van der Waals surface area contributed by atoms with Crippen molar-refractivity contribution in [2.45, 2.75) is 5.75 Å². The summed E-state index contributed by atoms with van der Waals surface area (Å²) in [5.41, 5.74) is 1.12. The van der Waals surface area contributed by atoms with E-state index in [4.69, 9.17) is 16.3 Å². The quantitative estimate of drug-likeness (QED) is 0.559. The molecule has 3 aromatic carbocycles. The largest absolute Gasteiger partial charge is 0.491 e. The van der Waals surface area contributed by atoms with E-state index in [-0.39, 0.29) is 5.91 Å². The highest BCUT2D eigenvalue weighted by Gasteiger charge is 2.04. The SMILES string of the molecule is O=C(CSCc1cccc(Cl)c1)NCCOc1cccc2ccccc12. The van der Waals surface area contributed by atoms with Crippen molar-refractivity contribution in [1.82, 2.24) is 5.32 Å². The maximum Gasteiger partial charge on any atom is 0.230 e. The molecule has 0 radical (unpaired) electrons. The van der Waals surface area contributed by atoms with Crippen LogP contribution in [0.3, 0.4) is 0 Å². The van der Waals surface area contributed by atoms with Gasteiger partial charge in [-0.05, 0) is 29.1 Å². The second-order valence-electron chi connectivity index (χ2n) is 5.80. The average molecular weight is 386 g/mol. The van der Waals surface area contributed by atoms with Gasteiger partial charge in [-0.1, -0.05) is 60.1 Å². The molecule has 0 spiro atoms. The molecule has 0 fully saturated rings. The predicted molar refractivity (Wildman–Crippen MR) is 110 cm³/mol. The molecule has 5 heteroatoms. The summed E-state index contributed by atoms with van der Waals surface area (Å²) in [4.78, 5) is 11.9. The number of hydrogen-bond acceptors (Lipinski definition) is 3. The molecule has 0 saturated carbocycles. The van der Waals surface area contributed by atoms with Gasteiger partial charge in [-0.3, -0.25) is 4.79 Å². The lowest BCUT2D eigenvalue weighted by Crippen LogP contribution is -2.29. The van der Waals surface area contributed by atoms with E-state index < -0.39 is 0 Å². The van der Waals surface area contributed by atoms with Gasteiger partial charge in [0.05, 0.1) is 12.3 Å². The van der Waals surface area contributed by atoms with E-state index in [9.17, 15) is 4.79 Å². The lowest BCUT2D eigenvalue weighted by Gasteiger charge is -2.10. The number of fused-ring (bicyclic) bond motifs is 1. The number of thioether (sulfide) groups is 1. The number of benzene rings is 3. The Balaban J connectivity index is 1.37. The molecule has 0 aliphatic carbocycles. The summed E-state index contributed by atoms with van der Waals surface area (Å²) in [5.74, 6) is 2.03. The Morgan fingerprint density at radius 3 is 2.73 bits per heavy atom. The molecular formula is C21H20ClNO2S. The lowest BCUT2D eigenvalue weighted by molar-refractivity contribution is -0.118. The zero-order chi connectivity index (χ0) is 18.2. The smallest absolute Gasteiger partial charge is 0.230 e. The van der Waals surface area contributed by atoms with Gasteiger partial charge in [0.1, 0.15) is 12.4 Å². The van der Waals surface area contributed by atoms with E-state index in [0.717, 1.165) is 32.9 Å². The van der Waals surface area contributed by atoms with Gasteiger partial charge in [0.2, 0.25) is 5.91 Å². The molecule has 0 atom stereocenters. The van der Waals surface area contributed by atoms with Crippen molar-refractivity contribution >= 4 is 40.0 Å². The third kappa shape index (κ3) is 5.41. The molecule has 1 amide bonds. The molecule has 0 aromatic heterocycles.